The molecule has 0 fully saturated rings. The molecular formula is C15H21N3O2. The maximum absolute atomic E-state index is 11.5. The van der Waals surface area contributed by atoms with Crippen LogP contribution in [-0.2, 0) is 11.2 Å². The highest BCUT2D eigenvalue weighted by atomic mass is 16.5. The van der Waals surface area contributed by atoms with Crippen molar-refractivity contribution in [2.45, 2.75) is 13.3 Å². The van der Waals surface area contributed by atoms with Crippen LogP contribution in [0.1, 0.15) is 11.3 Å². The molecule has 0 spiro atoms. The van der Waals surface area contributed by atoms with E-state index >= 15 is 0 Å². The third-order valence-corrected chi connectivity index (χ3v) is 3.28. The van der Waals surface area contributed by atoms with Crippen LogP contribution in [-0.4, -0.2) is 37.8 Å². The number of carbonyl (C=O) groups is 1. The zero-order valence-corrected chi connectivity index (χ0v) is 12.0. The smallest absolute Gasteiger partial charge is 0.314 e. The third-order valence-electron chi connectivity index (χ3n) is 3.28. The third kappa shape index (κ3) is 3.51. The van der Waals surface area contributed by atoms with Gasteiger partial charge in [0.25, 0.3) is 0 Å². The molecule has 1 aromatic carbocycles. The highest BCUT2D eigenvalue weighted by Crippen LogP contribution is 2.21. The van der Waals surface area contributed by atoms with Crippen molar-refractivity contribution in [2.75, 3.05) is 26.8 Å². The van der Waals surface area contributed by atoms with Crippen molar-refractivity contribution in [1.82, 2.24) is 15.6 Å². The molecule has 0 radical (unpaired) electrons. The van der Waals surface area contributed by atoms with Crippen LogP contribution in [0.15, 0.2) is 24.3 Å². The largest absolute Gasteiger partial charge is 0.383 e. The molecule has 0 aliphatic heterocycles. The number of benzene rings is 1. The number of hydrogen-bond acceptors (Lipinski definition) is 2. The average Bonchev–Trinajstić information content (AvgIpc) is 2.75. The molecular weight excluding hydrogens is 254 g/mol. The zero-order chi connectivity index (χ0) is 14.4. The standard InChI is InChI=1S/C15H21N3O2/c1-11-12(13-5-3-4-6-14(13)18-11)7-8-16-15(19)17-9-10-20-2/h3-6,18H,7-10H2,1-2H3,(H2,16,17,19). The van der Waals surface area contributed by atoms with Gasteiger partial charge in [-0.3, -0.25) is 0 Å². The Bertz CT molecular complexity index is 578. The van der Waals surface area contributed by atoms with Gasteiger partial charge in [-0.05, 0) is 25.0 Å². The minimum absolute atomic E-state index is 0.153. The van der Waals surface area contributed by atoms with Crippen molar-refractivity contribution in [3.63, 3.8) is 0 Å². The summed E-state index contributed by atoms with van der Waals surface area (Å²) in [5.41, 5.74) is 3.56. The Morgan fingerprint density at radius 2 is 2.00 bits per heavy atom. The summed E-state index contributed by atoms with van der Waals surface area (Å²) >= 11 is 0. The quantitative estimate of drug-likeness (QED) is 0.706. The number of aryl methyl sites for hydroxylation is 1. The lowest BCUT2D eigenvalue weighted by Gasteiger charge is -2.07. The predicted octanol–water partition coefficient (Wildman–Crippen LogP) is 1.96. The Balaban J connectivity index is 1.87. The van der Waals surface area contributed by atoms with E-state index in [1.807, 2.05) is 12.1 Å². The number of carbonyl (C=O) groups excluding carboxylic acids is 1. The maximum Gasteiger partial charge on any atom is 0.314 e. The van der Waals surface area contributed by atoms with E-state index in [1.54, 1.807) is 7.11 Å². The first kappa shape index (κ1) is 14.4. The highest BCUT2D eigenvalue weighted by Gasteiger charge is 2.08. The Labute approximate surface area is 118 Å². The summed E-state index contributed by atoms with van der Waals surface area (Å²) < 4.78 is 4.87. The van der Waals surface area contributed by atoms with Gasteiger partial charge in [0.1, 0.15) is 0 Å². The van der Waals surface area contributed by atoms with E-state index in [1.165, 1.54) is 10.9 Å². The summed E-state index contributed by atoms with van der Waals surface area (Å²) in [5.74, 6) is 0. The van der Waals surface area contributed by atoms with Gasteiger partial charge in [0, 0.05) is 36.8 Å². The topological polar surface area (TPSA) is 66.2 Å². The van der Waals surface area contributed by atoms with E-state index in [4.69, 9.17) is 4.74 Å². The normalized spacial score (nSPS) is 10.7. The zero-order valence-electron chi connectivity index (χ0n) is 12.0. The molecule has 108 valence electrons. The number of amides is 2. The number of para-hydroxylation sites is 1. The average molecular weight is 275 g/mol. The van der Waals surface area contributed by atoms with Crippen molar-refractivity contribution in [1.29, 1.82) is 0 Å². The molecule has 3 N–H and O–H groups in total. The van der Waals surface area contributed by atoms with Crippen molar-refractivity contribution in [2.24, 2.45) is 0 Å². The number of urea groups is 1. The number of nitrogens with one attached hydrogen (secondary N) is 3. The van der Waals surface area contributed by atoms with Crippen LogP contribution in [0.3, 0.4) is 0 Å². The molecule has 0 saturated heterocycles. The van der Waals surface area contributed by atoms with Gasteiger partial charge < -0.3 is 20.4 Å². The summed E-state index contributed by atoms with van der Waals surface area (Å²) in [6.07, 6.45) is 0.813. The van der Waals surface area contributed by atoms with Crippen molar-refractivity contribution in [3.8, 4) is 0 Å². The van der Waals surface area contributed by atoms with Gasteiger partial charge in [-0.1, -0.05) is 18.2 Å². The van der Waals surface area contributed by atoms with Crippen molar-refractivity contribution >= 4 is 16.9 Å². The van der Waals surface area contributed by atoms with Gasteiger partial charge in [-0.25, -0.2) is 4.79 Å². The molecule has 2 aromatic rings. The Hall–Kier alpha value is -2.01. The fraction of sp³-hybridized carbons (Fsp3) is 0.400. The predicted molar refractivity (Wildman–Crippen MR) is 80.0 cm³/mol. The number of fused-ring (bicyclic) bond motifs is 1. The molecule has 1 aromatic heterocycles. The molecule has 0 bridgehead atoms. The van der Waals surface area contributed by atoms with Gasteiger partial charge in [-0.2, -0.15) is 0 Å². The van der Waals surface area contributed by atoms with Gasteiger partial charge in [-0.15, -0.1) is 0 Å². The van der Waals surface area contributed by atoms with E-state index in [-0.39, 0.29) is 6.03 Å². The summed E-state index contributed by atoms with van der Waals surface area (Å²) in [4.78, 5) is 14.9. The molecule has 0 unspecified atom stereocenters. The van der Waals surface area contributed by atoms with Crippen LogP contribution in [0.4, 0.5) is 4.79 Å². The summed E-state index contributed by atoms with van der Waals surface area (Å²) in [5, 5.41) is 6.81. The first-order valence-corrected chi connectivity index (χ1v) is 6.79. The number of hydrogen-bond donors (Lipinski definition) is 3. The van der Waals surface area contributed by atoms with Crippen molar-refractivity contribution < 1.29 is 9.53 Å². The van der Waals surface area contributed by atoms with E-state index in [0.29, 0.717) is 19.7 Å². The lowest BCUT2D eigenvalue weighted by Crippen LogP contribution is -2.38. The number of rotatable bonds is 6. The Morgan fingerprint density at radius 3 is 2.80 bits per heavy atom. The van der Waals surface area contributed by atoms with E-state index < -0.39 is 0 Å². The molecule has 0 aliphatic rings. The number of aromatic amines is 1. The molecule has 0 aliphatic carbocycles. The molecule has 5 heteroatoms. The summed E-state index contributed by atoms with van der Waals surface area (Å²) in [6, 6.07) is 8.07. The van der Waals surface area contributed by atoms with Crippen LogP contribution in [0.25, 0.3) is 10.9 Å². The van der Waals surface area contributed by atoms with Crippen LogP contribution in [0, 0.1) is 6.92 Å². The minimum Gasteiger partial charge on any atom is -0.383 e. The second kappa shape index (κ2) is 6.96. The maximum atomic E-state index is 11.5. The molecule has 20 heavy (non-hydrogen) atoms. The fourth-order valence-corrected chi connectivity index (χ4v) is 2.29. The van der Waals surface area contributed by atoms with E-state index in [9.17, 15) is 4.79 Å². The van der Waals surface area contributed by atoms with Gasteiger partial charge in [0.05, 0.1) is 6.61 Å². The molecule has 2 rings (SSSR count). The summed E-state index contributed by atoms with van der Waals surface area (Å²) in [7, 11) is 1.61. The van der Waals surface area contributed by atoms with Crippen LogP contribution >= 0.6 is 0 Å². The Kier molecular flexibility index (Phi) is 5.01. The van der Waals surface area contributed by atoms with Crippen LogP contribution in [0.2, 0.25) is 0 Å². The molecule has 2 amide bonds. The van der Waals surface area contributed by atoms with Crippen LogP contribution < -0.4 is 10.6 Å². The molecule has 0 atom stereocenters. The van der Waals surface area contributed by atoms with Gasteiger partial charge >= 0.3 is 6.03 Å². The fourth-order valence-electron chi connectivity index (χ4n) is 2.29. The number of aromatic nitrogens is 1. The number of H-pyrrole nitrogens is 1. The first-order chi connectivity index (χ1) is 9.72. The second-order valence-electron chi connectivity index (χ2n) is 4.70. The lowest BCUT2D eigenvalue weighted by molar-refractivity contribution is 0.196. The SMILES string of the molecule is COCCNC(=O)NCCc1c(C)[nH]c2ccccc12. The minimum atomic E-state index is -0.153. The second-order valence-corrected chi connectivity index (χ2v) is 4.70. The van der Waals surface area contributed by atoms with Crippen molar-refractivity contribution in [3.05, 3.63) is 35.5 Å². The molecule has 0 saturated carbocycles. The van der Waals surface area contributed by atoms with Gasteiger partial charge in [0.2, 0.25) is 0 Å². The highest BCUT2D eigenvalue weighted by molar-refractivity contribution is 5.84. The van der Waals surface area contributed by atoms with Crippen LogP contribution in [0.5, 0.6) is 0 Å². The lowest BCUT2D eigenvalue weighted by atomic mass is 10.1. The molecule has 5 nitrogen and oxygen atoms in total. The summed E-state index contributed by atoms with van der Waals surface area (Å²) in [6.45, 7) is 3.72. The first-order valence-electron chi connectivity index (χ1n) is 6.79. The van der Waals surface area contributed by atoms with E-state index in [2.05, 4.69) is 34.7 Å². The molecule has 1 heterocycles. The monoisotopic (exact) mass is 275 g/mol. The number of ether oxygens (including phenoxy) is 1. The Morgan fingerprint density at radius 1 is 1.25 bits per heavy atom. The van der Waals surface area contributed by atoms with Gasteiger partial charge in [0.15, 0.2) is 0 Å². The number of methoxy groups -OCH3 is 1. The van der Waals surface area contributed by atoms with E-state index in [0.717, 1.165) is 17.6 Å².